The van der Waals surface area contributed by atoms with Crippen molar-refractivity contribution in [2.45, 2.75) is 6.42 Å². The van der Waals surface area contributed by atoms with Gasteiger partial charge in [0.05, 0.1) is 5.92 Å². The number of hydrogen-bond donors (Lipinski definition) is 1. The first kappa shape index (κ1) is 14.2. The van der Waals surface area contributed by atoms with Crippen LogP contribution in [0.2, 0.25) is 0 Å². The van der Waals surface area contributed by atoms with E-state index in [4.69, 9.17) is 5.73 Å². The summed E-state index contributed by atoms with van der Waals surface area (Å²) in [7, 11) is 0. The minimum absolute atomic E-state index is 0.339. The van der Waals surface area contributed by atoms with Crippen LogP contribution in [0.15, 0.2) is 0 Å². The SMILES string of the molecule is NC(=O)C1CC(=O)N(c2c(F)c(F)c(F)c(F)c2F)C1. The first-order valence-electron chi connectivity index (χ1n) is 5.36. The van der Waals surface area contributed by atoms with Gasteiger partial charge in [0.25, 0.3) is 0 Å². The number of amides is 2. The molecule has 1 unspecified atom stereocenters. The fourth-order valence-electron chi connectivity index (χ4n) is 1.94. The molecule has 20 heavy (non-hydrogen) atoms. The molecule has 0 aromatic heterocycles. The molecule has 2 amide bonds. The van der Waals surface area contributed by atoms with Crippen LogP contribution in [-0.4, -0.2) is 18.4 Å². The fraction of sp³-hybridized carbons (Fsp3) is 0.273. The van der Waals surface area contributed by atoms with E-state index in [-0.39, 0.29) is 0 Å². The van der Waals surface area contributed by atoms with Crippen LogP contribution < -0.4 is 10.6 Å². The number of anilines is 1. The zero-order chi connectivity index (χ0) is 15.2. The minimum Gasteiger partial charge on any atom is -0.369 e. The normalized spacial score (nSPS) is 18.8. The van der Waals surface area contributed by atoms with Crippen LogP contribution in [0.4, 0.5) is 27.6 Å². The highest BCUT2D eigenvalue weighted by Crippen LogP contribution is 2.33. The van der Waals surface area contributed by atoms with Gasteiger partial charge in [0.1, 0.15) is 5.69 Å². The first-order valence-corrected chi connectivity index (χ1v) is 5.36. The second kappa shape index (κ2) is 4.73. The molecular formula is C11H7F5N2O2. The molecule has 1 aliphatic heterocycles. The molecule has 0 spiro atoms. The Morgan fingerprint density at radius 2 is 1.45 bits per heavy atom. The Morgan fingerprint density at radius 1 is 1.00 bits per heavy atom. The average Bonchev–Trinajstić information content (AvgIpc) is 2.77. The van der Waals surface area contributed by atoms with Gasteiger partial charge in [-0.3, -0.25) is 9.59 Å². The van der Waals surface area contributed by atoms with Crippen molar-refractivity contribution in [3.63, 3.8) is 0 Å². The number of hydrogen-bond acceptors (Lipinski definition) is 2. The van der Waals surface area contributed by atoms with E-state index in [1.54, 1.807) is 0 Å². The Labute approximate surface area is 109 Å². The predicted molar refractivity (Wildman–Crippen MR) is 55.9 cm³/mol. The molecule has 1 aliphatic rings. The predicted octanol–water partition coefficient (Wildman–Crippen LogP) is 1.22. The molecular weight excluding hydrogens is 287 g/mol. The lowest BCUT2D eigenvalue weighted by Crippen LogP contribution is -2.30. The van der Waals surface area contributed by atoms with E-state index in [0.717, 1.165) is 0 Å². The quantitative estimate of drug-likeness (QED) is 0.506. The van der Waals surface area contributed by atoms with Crippen LogP contribution in [0.25, 0.3) is 0 Å². The highest BCUT2D eigenvalue weighted by molar-refractivity contribution is 6.00. The van der Waals surface area contributed by atoms with Gasteiger partial charge in [-0.05, 0) is 0 Å². The van der Waals surface area contributed by atoms with Crippen LogP contribution in [-0.2, 0) is 9.59 Å². The number of rotatable bonds is 2. The summed E-state index contributed by atoms with van der Waals surface area (Å²) in [6.45, 7) is -0.535. The number of nitrogens with two attached hydrogens (primary N) is 1. The number of nitrogens with zero attached hydrogens (tertiary/aromatic N) is 1. The zero-order valence-corrected chi connectivity index (χ0v) is 9.72. The van der Waals surface area contributed by atoms with E-state index in [0.29, 0.717) is 4.90 Å². The molecule has 4 nitrogen and oxygen atoms in total. The smallest absolute Gasteiger partial charge is 0.228 e. The molecule has 0 bridgehead atoms. The van der Waals surface area contributed by atoms with Crippen LogP contribution in [0.5, 0.6) is 0 Å². The van der Waals surface area contributed by atoms with Gasteiger partial charge in [-0.1, -0.05) is 0 Å². The molecule has 1 atom stereocenters. The van der Waals surface area contributed by atoms with E-state index >= 15 is 0 Å². The topological polar surface area (TPSA) is 63.4 Å². The molecule has 1 fully saturated rings. The summed E-state index contributed by atoms with van der Waals surface area (Å²) in [5, 5.41) is 0. The number of halogens is 5. The molecule has 1 aromatic carbocycles. The summed E-state index contributed by atoms with van der Waals surface area (Å²) in [6, 6.07) is 0. The Balaban J connectivity index is 2.54. The van der Waals surface area contributed by atoms with Crippen LogP contribution >= 0.6 is 0 Å². The van der Waals surface area contributed by atoms with Crippen molar-refractivity contribution < 1.29 is 31.5 Å². The Hall–Kier alpha value is -2.19. The Kier molecular flexibility index (Phi) is 3.36. The summed E-state index contributed by atoms with van der Waals surface area (Å²) in [4.78, 5) is 22.8. The average molecular weight is 294 g/mol. The molecule has 0 aliphatic carbocycles. The minimum atomic E-state index is -2.32. The van der Waals surface area contributed by atoms with Gasteiger partial charge >= 0.3 is 0 Å². The van der Waals surface area contributed by atoms with Crippen molar-refractivity contribution >= 4 is 17.5 Å². The van der Waals surface area contributed by atoms with Gasteiger partial charge in [-0.15, -0.1) is 0 Å². The third-order valence-corrected chi connectivity index (χ3v) is 2.98. The van der Waals surface area contributed by atoms with Gasteiger partial charge in [0.15, 0.2) is 23.3 Å². The van der Waals surface area contributed by atoms with Crippen molar-refractivity contribution in [1.29, 1.82) is 0 Å². The third-order valence-electron chi connectivity index (χ3n) is 2.98. The van der Waals surface area contributed by atoms with Gasteiger partial charge in [-0.25, -0.2) is 22.0 Å². The van der Waals surface area contributed by atoms with Crippen molar-refractivity contribution in [2.75, 3.05) is 11.4 Å². The summed E-state index contributed by atoms with van der Waals surface area (Å²) in [5.74, 6) is -13.8. The molecule has 1 saturated heterocycles. The Morgan fingerprint density at radius 3 is 1.85 bits per heavy atom. The lowest BCUT2D eigenvalue weighted by atomic mass is 10.1. The molecule has 0 radical (unpaired) electrons. The summed E-state index contributed by atoms with van der Waals surface area (Å²) in [5.41, 5.74) is 3.58. The van der Waals surface area contributed by atoms with E-state index in [1.807, 2.05) is 0 Å². The summed E-state index contributed by atoms with van der Waals surface area (Å²) < 4.78 is 66.0. The third kappa shape index (κ3) is 1.98. The highest BCUT2D eigenvalue weighted by atomic mass is 19.2. The molecule has 2 N–H and O–H groups in total. The van der Waals surface area contributed by atoms with Gasteiger partial charge in [0, 0.05) is 13.0 Å². The number of carbonyl (C=O) groups is 2. The lowest BCUT2D eigenvalue weighted by Gasteiger charge is -2.18. The van der Waals surface area contributed by atoms with Gasteiger partial charge in [-0.2, -0.15) is 0 Å². The van der Waals surface area contributed by atoms with Crippen LogP contribution in [0, 0.1) is 35.0 Å². The van der Waals surface area contributed by atoms with Crippen molar-refractivity contribution in [2.24, 2.45) is 11.7 Å². The van der Waals surface area contributed by atoms with Gasteiger partial charge < -0.3 is 10.6 Å². The van der Waals surface area contributed by atoms with Crippen molar-refractivity contribution in [3.8, 4) is 0 Å². The van der Waals surface area contributed by atoms with Crippen molar-refractivity contribution in [3.05, 3.63) is 29.1 Å². The maximum Gasteiger partial charge on any atom is 0.228 e. The highest BCUT2D eigenvalue weighted by Gasteiger charge is 2.39. The maximum absolute atomic E-state index is 13.5. The number of carbonyl (C=O) groups excluding carboxylic acids is 2. The second-order valence-electron chi connectivity index (χ2n) is 4.23. The standard InChI is InChI=1S/C11H7F5N2O2/c12-5-6(13)8(15)10(9(16)7(5)14)18-2-3(11(17)20)1-4(18)19/h3H,1-2H2,(H2,17,20). The molecule has 1 aromatic rings. The fourth-order valence-corrected chi connectivity index (χ4v) is 1.94. The first-order chi connectivity index (χ1) is 9.25. The van der Waals surface area contributed by atoms with Gasteiger partial charge in [0.2, 0.25) is 17.6 Å². The van der Waals surface area contributed by atoms with Crippen LogP contribution in [0.3, 0.4) is 0 Å². The maximum atomic E-state index is 13.5. The van der Waals surface area contributed by atoms with Crippen molar-refractivity contribution in [1.82, 2.24) is 0 Å². The molecule has 0 saturated carbocycles. The van der Waals surface area contributed by atoms with E-state index in [9.17, 15) is 31.5 Å². The Bertz CT molecular complexity index is 590. The summed E-state index contributed by atoms with van der Waals surface area (Å²) >= 11 is 0. The molecule has 108 valence electrons. The van der Waals surface area contributed by atoms with E-state index < -0.39 is 65.5 Å². The molecule has 9 heteroatoms. The number of benzene rings is 1. The van der Waals surface area contributed by atoms with Crippen LogP contribution in [0.1, 0.15) is 6.42 Å². The lowest BCUT2D eigenvalue weighted by molar-refractivity contribution is -0.123. The number of primary amides is 1. The van der Waals surface area contributed by atoms with E-state index in [2.05, 4.69) is 0 Å². The zero-order valence-electron chi connectivity index (χ0n) is 9.72. The summed E-state index contributed by atoms with van der Waals surface area (Å²) in [6.07, 6.45) is -0.450. The largest absolute Gasteiger partial charge is 0.369 e. The van der Waals surface area contributed by atoms with E-state index in [1.165, 1.54) is 0 Å². The molecule has 1 heterocycles. The molecule has 2 rings (SSSR count). The monoisotopic (exact) mass is 294 g/mol. The second-order valence-corrected chi connectivity index (χ2v) is 4.23.